The second-order valence-corrected chi connectivity index (χ2v) is 12.7. The van der Waals surface area contributed by atoms with Gasteiger partial charge in [-0.1, -0.05) is 36.4 Å². The zero-order chi connectivity index (χ0) is 19.3. The summed E-state index contributed by atoms with van der Waals surface area (Å²) in [6.07, 6.45) is 1.61. The molecule has 4 fully saturated rings. The van der Waals surface area contributed by atoms with Crippen LogP contribution in [0.25, 0.3) is 0 Å². The average molecular weight is 417 g/mol. The van der Waals surface area contributed by atoms with E-state index < -0.39 is 30.2 Å². The fourth-order valence-electron chi connectivity index (χ4n) is 6.11. The van der Waals surface area contributed by atoms with Gasteiger partial charge in [0.1, 0.15) is 0 Å². The van der Waals surface area contributed by atoms with Crippen LogP contribution in [0.4, 0.5) is 0 Å². The van der Waals surface area contributed by atoms with E-state index in [9.17, 15) is 16.8 Å². The number of benzene rings is 2. The Labute approximate surface area is 164 Å². The molecule has 2 aromatic rings. The highest BCUT2D eigenvalue weighted by Gasteiger charge is 2.85. The van der Waals surface area contributed by atoms with Gasteiger partial charge in [0.25, 0.3) is 0 Å². The largest absolute Gasteiger partial charge is 0.369 e. The minimum absolute atomic E-state index is 0.0989. The number of hydrogen-bond donors (Lipinski definition) is 0. The van der Waals surface area contributed by atoms with Crippen molar-refractivity contribution in [1.82, 2.24) is 0 Å². The quantitative estimate of drug-likeness (QED) is 0.716. The number of fused-ring (bicyclic) bond motifs is 3. The summed E-state index contributed by atoms with van der Waals surface area (Å²) in [5, 5.41) is -1.90. The van der Waals surface area contributed by atoms with Crippen LogP contribution in [0.3, 0.4) is 0 Å². The van der Waals surface area contributed by atoms with E-state index in [1.807, 2.05) is 0 Å². The summed E-state index contributed by atoms with van der Waals surface area (Å²) in [5.41, 5.74) is -0.174. The van der Waals surface area contributed by atoms with Gasteiger partial charge in [0.15, 0.2) is 19.7 Å². The number of sulfone groups is 2. The summed E-state index contributed by atoms with van der Waals surface area (Å²) >= 11 is 0. The highest BCUT2D eigenvalue weighted by molar-refractivity contribution is 7.96. The van der Waals surface area contributed by atoms with Crippen LogP contribution in [-0.2, 0) is 24.4 Å². The Morgan fingerprint density at radius 2 is 1.07 bits per heavy atom. The number of hydrogen-bond acceptors (Lipinski definition) is 5. The first-order chi connectivity index (χ1) is 13.4. The zero-order valence-corrected chi connectivity index (χ0v) is 16.6. The van der Waals surface area contributed by atoms with Crippen LogP contribution in [-0.4, -0.2) is 39.5 Å². The van der Waals surface area contributed by atoms with E-state index in [1.165, 1.54) is 0 Å². The minimum Gasteiger partial charge on any atom is -0.369 e. The molecule has 6 atom stereocenters. The third-order valence-electron chi connectivity index (χ3n) is 7.32. The Morgan fingerprint density at radius 1 is 0.679 bits per heavy atom. The first kappa shape index (κ1) is 17.2. The molecule has 28 heavy (non-hydrogen) atoms. The Morgan fingerprint density at radius 3 is 1.43 bits per heavy atom. The molecular formula is C21H20O5S2. The summed E-state index contributed by atoms with van der Waals surface area (Å²) < 4.78 is 60.5. The van der Waals surface area contributed by atoms with Gasteiger partial charge in [-0.25, -0.2) is 16.8 Å². The van der Waals surface area contributed by atoms with E-state index in [4.69, 9.17) is 4.74 Å². The van der Waals surface area contributed by atoms with Gasteiger partial charge in [-0.05, 0) is 42.5 Å². The van der Waals surface area contributed by atoms with Gasteiger partial charge >= 0.3 is 0 Å². The first-order valence-electron chi connectivity index (χ1n) is 9.62. The molecule has 0 amide bonds. The molecule has 146 valence electrons. The summed E-state index contributed by atoms with van der Waals surface area (Å²) in [7, 11) is -7.61. The van der Waals surface area contributed by atoms with Crippen molar-refractivity contribution >= 4 is 19.7 Å². The molecule has 1 aliphatic heterocycles. The Kier molecular flexibility index (Phi) is 3.23. The molecule has 3 aliphatic carbocycles. The Hall–Kier alpha value is -1.70. The first-order valence-corrected chi connectivity index (χ1v) is 12.7. The molecule has 0 aromatic heterocycles. The fraction of sp³-hybridized carbons (Fsp3) is 0.429. The third kappa shape index (κ3) is 2.00. The lowest BCUT2D eigenvalue weighted by atomic mass is 9.93. The second-order valence-electron chi connectivity index (χ2n) is 8.50. The van der Waals surface area contributed by atoms with Crippen molar-refractivity contribution in [3.8, 4) is 0 Å². The van der Waals surface area contributed by atoms with E-state index in [1.54, 1.807) is 60.7 Å². The molecule has 3 saturated carbocycles. The van der Waals surface area contributed by atoms with Gasteiger partial charge in [-0.3, -0.25) is 0 Å². The molecule has 0 N–H and O–H groups in total. The SMILES string of the molecule is O=S(=O)(c1ccccc1)[C@@H]1[C@H]2[C@@H]3O[C@H]3[C@@H]([C@H]1S(=O)(=O)c1ccccc1)C21CC1. The lowest BCUT2D eigenvalue weighted by molar-refractivity contribution is 0.180. The monoisotopic (exact) mass is 416 g/mol. The molecule has 2 bridgehead atoms. The summed E-state index contributed by atoms with van der Waals surface area (Å²) in [5.74, 6) is -0.451. The maximum absolute atomic E-state index is 13.7. The van der Waals surface area contributed by atoms with Gasteiger partial charge in [0.2, 0.25) is 0 Å². The summed E-state index contributed by atoms with van der Waals surface area (Å²) in [6, 6.07) is 16.5. The fourth-order valence-corrected chi connectivity index (χ4v) is 11.4. The molecule has 1 spiro atoms. The standard InChI is InChI=1S/C21H20O5S2/c22-27(23,13-7-3-1-4-8-13)19-15-17-18(26-17)16(21(15)11-12-21)20(19)28(24,25)14-9-5-2-6-10-14/h1-10,15-20H,11-12H2/t15-,16+,17-,18-,19+,20+/m0/s1. The Bertz CT molecular complexity index is 1060. The van der Waals surface area contributed by atoms with E-state index in [0.717, 1.165) is 12.8 Å². The smallest absolute Gasteiger partial charge is 0.182 e. The van der Waals surface area contributed by atoms with Gasteiger partial charge in [0, 0.05) is 11.8 Å². The average Bonchev–Trinajstić information content (AvgIpc) is 3.61. The molecule has 5 nitrogen and oxygen atoms in total. The van der Waals surface area contributed by atoms with Crippen LogP contribution in [0.15, 0.2) is 70.5 Å². The number of rotatable bonds is 4. The predicted molar refractivity (Wildman–Crippen MR) is 102 cm³/mol. The highest BCUT2D eigenvalue weighted by Crippen LogP contribution is 2.78. The maximum Gasteiger partial charge on any atom is 0.182 e. The summed E-state index contributed by atoms with van der Waals surface area (Å²) in [4.78, 5) is 0.405. The number of epoxide rings is 1. The van der Waals surface area contributed by atoms with Crippen molar-refractivity contribution in [3.63, 3.8) is 0 Å². The molecule has 4 aliphatic rings. The van der Waals surface area contributed by atoms with Crippen LogP contribution < -0.4 is 0 Å². The zero-order valence-electron chi connectivity index (χ0n) is 15.0. The van der Waals surface area contributed by atoms with Gasteiger partial charge < -0.3 is 4.74 Å². The molecule has 7 heteroatoms. The van der Waals surface area contributed by atoms with Crippen LogP contribution in [0.2, 0.25) is 0 Å². The molecule has 0 unspecified atom stereocenters. The van der Waals surface area contributed by atoms with Crippen LogP contribution >= 0.6 is 0 Å². The lowest BCUT2D eigenvalue weighted by Crippen LogP contribution is -2.46. The van der Waals surface area contributed by atoms with Crippen molar-refractivity contribution in [3.05, 3.63) is 60.7 Å². The van der Waals surface area contributed by atoms with Crippen molar-refractivity contribution in [2.75, 3.05) is 0 Å². The van der Waals surface area contributed by atoms with Crippen molar-refractivity contribution < 1.29 is 21.6 Å². The topological polar surface area (TPSA) is 80.8 Å². The molecule has 6 rings (SSSR count). The van der Waals surface area contributed by atoms with E-state index in [0.29, 0.717) is 0 Å². The van der Waals surface area contributed by atoms with Gasteiger partial charge in [-0.2, -0.15) is 0 Å². The van der Waals surface area contributed by atoms with Crippen LogP contribution in [0.1, 0.15) is 12.8 Å². The van der Waals surface area contributed by atoms with Gasteiger partial charge in [0.05, 0.1) is 32.5 Å². The van der Waals surface area contributed by atoms with Crippen LogP contribution in [0, 0.1) is 17.3 Å². The maximum atomic E-state index is 13.7. The van der Waals surface area contributed by atoms with Crippen LogP contribution in [0.5, 0.6) is 0 Å². The number of ether oxygens (including phenoxy) is 1. The van der Waals surface area contributed by atoms with Crippen molar-refractivity contribution in [2.24, 2.45) is 17.3 Å². The predicted octanol–water partition coefficient (Wildman–Crippen LogP) is 2.48. The Balaban J connectivity index is 1.55. The van der Waals surface area contributed by atoms with E-state index in [2.05, 4.69) is 0 Å². The molecule has 0 radical (unpaired) electrons. The summed E-state index contributed by atoms with van der Waals surface area (Å²) in [6.45, 7) is 0. The molecular weight excluding hydrogens is 396 g/mol. The molecule has 1 heterocycles. The highest BCUT2D eigenvalue weighted by atomic mass is 32.2. The van der Waals surface area contributed by atoms with Gasteiger partial charge in [-0.15, -0.1) is 0 Å². The van der Waals surface area contributed by atoms with E-state index in [-0.39, 0.29) is 39.2 Å². The molecule has 1 saturated heterocycles. The second kappa shape index (κ2) is 5.26. The van der Waals surface area contributed by atoms with Crippen molar-refractivity contribution in [2.45, 2.75) is 45.3 Å². The molecule has 2 aromatic carbocycles. The minimum atomic E-state index is -3.81. The van der Waals surface area contributed by atoms with E-state index >= 15 is 0 Å². The lowest BCUT2D eigenvalue weighted by Gasteiger charge is -2.28. The van der Waals surface area contributed by atoms with Crippen molar-refractivity contribution in [1.29, 1.82) is 0 Å². The normalized spacial score (nSPS) is 37.0. The third-order valence-corrected chi connectivity index (χ3v) is 12.0.